The number of nitrogens with zero attached hydrogens (tertiary/aromatic N) is 3. The topological polar surface area (TPSA) is 56.9 Å². The van der Waals surface area contributed by atoms with E-state index >= 15 is 0 Å². The average Bonchev–Trinajstić information content (AvgIpc) is 2.26. The highest BCUT2D eigenvalue weighted by molar-refractivity contribution is 5.79. The molecule has 1 rings (SSSR count). The Bertz CT molecular complexity index is 206. The molecule has 0 unspecified atom stereocenters. The Kier molecular flexibility index (Phi) is 4.84. The summed E-state index contributed by atoms with van der Waals surface area (Å²) in [7, 11) is 0. The zero-order chi connectivity index (χ0) is 11.3. The van der Waals surface area contributed by atoms with Crippen molar-refractivity contribution in [2.75, 3.05) is 32.7 Å². The molecule has 0 bridgehead atoms. The number of hydrogen-bond acceptors (Lipinski definition) is 3. The molecule has 3 N–H and O–H groups in total. The molecule has 15 heavy (non-hydrogen) atoms. The monoisotopic (exact) mass is 213 g/mol. The molecular formula is C10H23N5. The maximum Gasteiger partial charge on any atom is 0.208 e. The first-order valence-electron chi connectivity index (χ1n) is 5.69. The molecule has 5 heteroatoms. The Morgan fingerprint density at radius 3 is 2.33 bits per heavy atom. The first-order chi connectivity index (χ1) is 7.17. The second-order valence-electron chi connectivity index (χ2n) is 4.11. The van der Waals surface area contributed by atoms with Crippen molar-refractivity contribution in [3.63, 3.8) is 0 Å². The van der Waals surface area contributed by atoms with Crippen LogP contribution in [0.1, 0.15) is 20.8 Å². The number of likely N-dealkylation sites (N-methyl/N-ethyl adjacent to an activating group) is 1. The van der Waals surface area contributed by atoms with Crippen LogP contribution in [-0.4, -0.2) is 54.5 Å². The van der Waals surface area contributed by atoms with E-state index in [9.17, 15) is 0 Å². The molecule has 0 radical (unpaired) electrons. The number of hydrogen-bond donors (Lipinski definition) is 2. The second-order valence-corrected chi connectivity index (χ2v) is 4.11. The maximum atomic E-state index is 5.48. The van der Waals surface area contributed by atoms with Crippen LogP contribution in [0.3, 0.4) is 0 Å². The zero-order valence-electron chi connectivity index (χ0n) is 10.0. The van der Waals surface area contributed by atoms with Crippen molar-refractivity contribution >= 4 is 5.96 Å². The highest BCUT2D eigenvalue weighted by atomic mass is 15.4. The van der Waals surface area contributed by atoms with Gasteiger partial charge < -0.3 is 9.80 Å². The van der Waals surface area contributed by atoms with Gasteiger partial charge in [-0.1, -0.05) is 6.92 Å². The van der Waals surface area contributed by atoms with Crippen LogP contribution in [0.15, 0.2) is 4.99 Å². The molecule has 0 saturated carbocycles. The van der Waals surface area contributed by atoms with Crippen molar-refractivity contribution in [2.24, 2.45) is 10.8 Å². The minimum absolute atomic E-state index is 0.278. The van der Waals surface area contributed by atoms with Crippen LogP contribution in [0.4, 0.5) is 0 Å². The molecule has 0 aromatic heterocycles. The smallest absolute Gasteiger partial charge is 0.208 e. The Balaban J connectivity index is 2.50. The summed E-state index contributed by atoms with van der Waals surface area (Å²) in [4.78, 5) is 9.10. The van der Waals surface area contributed by atoms with Gasteiger partial charge in [0.05, 0.1) is 0 Å². The third-order valence-electron chi connectivity index (χ3n) is 2.63. The second kappa shape index (κ2) is 5.92. The first-order valence-corrected chi connectivity index (χ1v) is 5.69. The standard InChI is InChI=1S/C10H23N5/c1-4-14-5-7-15(8-6-14)10(13-11)12-9(2)3/h9H,4-8,11H2,1-3H3,(H,12,13). The van der Waals surface area contributed by atoms with E-state index in [0.29, 0.717) is 0 Å². The summed E-state index contributed by atoms with van der Waals surface area (Å²) >= 11 is 0. The summed E-state index contributed by atoms with van der Waals surface area (Å²) in [5.41, 5.74) is 2.69. The third-order valence-corrected chi connectivity index (χ3v) is 2.63. The molecule has 0 spiro atoms. The Morgan fingerprint density at radius 2 is 1.93 bits per heavy atom. The SMILES string of the molecule is CCN1CCN(C(=NC(C)C)NN)CC1. The fraction of sp³-hybridized carbons (Fsp3) is 0.900. The van der Waals surface area contributed by atoms with Gasteiger partial charge in [0, 0.05) is 32.2 Å². The molecule has 0 aliphatic carbocycles. The molecule has 1 aliphatic rings. The summed E-state index contributed by atoms with van der Waals surface area (Å²) in [6, 6.07) is 0.278. The van der Waals surface area contributed by atoms with Crippen LogP contribution < -0.4 is 11.3 Å². The minimum atomic E-state index is 0.278. The van der Waals surface area contributed by atoms with Crippen LogP contribution in [0.25, 0.3) is 0 Å². The van der Waals surface area contributed by atoms with Crippen molar-refractivity contribution in [3.05, 3.63) is 0 Å². The number of nitrogens with one attached hydrogen (secondary N) is 1. The van der Waals surface area contributed by atoms with Crippen LogP contribution in [0, 0.1) is 0 Å². The molecule has 0 amide bonds. The van der Waals surface area contributed by atoms with Gasteiger partial charge in [0.25, 0.3) is 0 Å². The molecule has 1 heterocycles. The summed E-state index contributed by atoms with van der Waals surface area (Å²) in [6.45, 7) is 11.6. The minimum Gasteiger partial charge on any atom is -0.339 e. The number of rotatable bonds is 2. The molecule has 1 saturated heterocycles. The number of hydrazine groups is 1. The van der Waals surface area contributed by atoms with Gasteiger partial charge in [0.2, 0.25) is 5.96 Å². The molecule has 0 atom stereocenters. The van der Waals surface area contributed by atoms with Crippen molar-refractivity contribution in [2.45, 2.75) is 26.8 Å². The summed E-state index contributed by atoms with van der Waals surface area (Å²) in [5.74, 6) is 6.30. The van der Waals surface area contributed by atoms with Gasteiger partial charge in [-0.05, 0) is 20.4 Å². The molecule has 1 aliphatic heterocycles. The highest BCUT2D eigenvalue weighted by Gasteiger charge is 2.18. The van der Waals surface area contributed by atoms with Gasteiger partial charge >= 0.3 is 0 Å². The van der Waals surface area contributed by atoms with Crippen molar-refractivity contribution in [1.82, 2.24) is 15.2 Å². The lowest BCUT2D eigenvalue weighted by Crippen LogP contribution is -2.54. The predicted octanol–water partition coefficient (Wildman–Crippen LogP) is -0.148. The lowest BCUT2D eigenvalue weighted by atomic mass is 10.3. The van der Waals surface area contributed by atoms with Gasteiger partial charge in [-0.25, -0.2) is 10.8 Å². The molecule has 0 aromatic rings. The van der Waals surface area contributed by atoms with Gasteiger partial charge in [-0.2, -0.15) is 0 Å². The van der Waals surface area contributed by atoms with Crippen LogP contribution in [-0.2, 0) is 0 Å². The van der Waals surface area contributed by atoms with E-state index in [1.54, 1.807) is 0 Å². The number of guanidine groups is 1. The Morgan fingerprint density at radius 1 is 1.33 bits per heavy atom. The van der Waals surface area contributed by atoms with Crippen molar-refractivity contribution in [1.29, 1.82) is 0 Å². The van der Waals surface area contributed by atoms with E-state index in [2.05, 4.69) is 41.0 Å². The van der Waals surface area contributed by atoms with Crippen molar-refractivity contribution in [3.8, 4) is 0 Å². The van der Waals surface area contributed by atoms with E-state index < -0.39 is 0 Å². The summed E-state index contributed by atoms with van der Waals surface area (Å²) in [5, 5.41) is 0. The quantitative estimate of drug-likeness (QED) is 0.290. The number of nitrogens with two attached hydrogens (primary N) is 1. The molecule has 88 valence electrons. The van der Waals surface area contributed by atoms with E-state index in [1.807, 2.05) is 0 Å². The normalized spacial score (nSPS) is 19.8. The third kappa shape index (κ3) is 3.68. The molecular weight excluding hydrogens is 190 g/mol. The largest absolute Gasteiger partial charge is 0.339 e. The lowest BCUT2D eigenvalue weighted by molar-refractivity contribution is 0.186. The average molecular weight is 213 g/mol. The Hall–Kier alpha value is -0.810. The van der Waals surface area contributed by atoms with E-state index in [-0.39, 0.29) is 6.04 Å². The fourth-order valence-corrected chi connectivity index (χ4v) is 1.73. The van der Waals surface area contributed by atoms with Gasteiger partial charge in [0.15, 0.2) is 0 Å². The van der Waals surface area contributed by atoms with Crippen LogP contribution in [0.5, 0.6) is 0 Å². The van der Waals surface area contributed by atoms with Crippen molar-refractivity contribution < 1.29 is 0 Å². The summed E-state index contributed by atoms with van der Waals surface area (Å²) in [6.07, 6.45) is 0. The van der Waals surface area contributed by atoms with Gasteiger partial charge in [-0.3, -0.25) is 5.43 Å². The maximum absolute atomic E-state index is 5.48. The molecule has 1 fully saturated rings. The highest BCUT2D eigenvalue weighted by Crippen LogP contribution is 2.02. The van der Waals surface area contributed by atoms with Gasteiger partial charge in [-0.15, -0.1) is 0 Å². The van der Waals surface area contributed by atoms with E-state index in [1.165, 1.54) is 0 Å². The van der Waals surface area contributed by atoms with E-state index in [0.717, 1.165) is 38.7 Å². The lowest BCUT2D eigenvalue weighted by Gasteiger charge is -2.35. The number of aliphatic imine (C=N–C) groups is 1. The number of piperazine rings is 1. The van der Waals surface area contributed by atoms with Crippen LogP contribution >= 0.6 is 0 Å². The summed E-state index contributed by atoms with van der Waals surface area (Å²) < 4.78 is 0. The first kappa shape index (κ1) is 12.3. The fourth-order valence-electron chi connectivity index (χ4n) is 1.73. The molecule has 0 aromatic carbocycles. The van der Waals surface area contributed by atoms with Crippen LogP contribution in [0.2, 0.25) is 0 Å². The van der Waals surface area contributed by atoms with E-state index in [4.69, 9.17) is 5.84 Å². The molecule has 5 nitrogen and oxygen atoms in total. The zero-order valence-corrected chi connectivity index (χ0v) is 10.0. The Labute approximate surface area is 92.3 Å². The van der Waals surface area contributed by atoms with Gasteiger partial charge in [0.1, 0.15) is 0 Å². The predicted molar refractivity (Wildman–Crippen MR) is 63.6 cm³/mol.